The van der Waals surface area contributed by atoms with Crippen molar-refractivity contribution in [3.8, 4) is 0 Å². The van der Waals surface area contributed by atoms with Crippen LogP contribution < -0.4 is 0 Å². The molecule has 0 saturated carbocycles. The second-order valence-electron chi connectivity index (χ2n) is 6.12. The molecule has 1 N–H and O–H groups in total. The van der Waals surface area contributed by atoms with Crippen LogP contribution in [0.1, 0.15) is 17.2 Å². The number of benzene rings is 1. The Kier molecular flexibility index (Phi) is 6.02. The van der Waals surface area contributed by atoms with Crippen LogP contribution >= 0.6 is 0 Å². The molecule has 0 unspecified atom stereocenters. The third-order valence-corrected chi connectivity index (χ3v) is 3.85. The Morgan fingerprint density at radius 3 is 2.70 bits per heavy atom. The summed E-state index contributed by atoms with van der Waals surface area (Å²) in [5.74, 6) is 0. The number of halogens is 3. The van der Waals surface area contributed by atoms with Gasteiger partial charge < -0.3 is 14.7 Å². The van der Waals surface area contributed by atoms with Crippen molar-refractivity contribution in [2.24, 2.45) is 0 Å². The number of aliphatic hydroxyl groups excluding tert-OH is 1. The molecule has 0 aromatic heterocycles. The molecule has 1 aromatic rings. The predicted octanol–water partition coefficient (Wildman–Crippen LogP) is 2.00. The van der Waals surface area contributed by atoms with Crippen molar-refractivity contribution >= 4 is 0 Å². The number of hydrogen-bond donors (Lipinski definition) is 1. The Morgan fingerprint density at radius 1 is 1.35 bits per heavy atom. The first-order valence-corrected chi connectivity index (χ1v) is 7.60. The summed E-state index contributed by atoms with van der Waals surface area (Å²) < 4.78 is 44.8. The van der Waals surface area contributed by atoms with Gasteiger partial charge in [-0.05, 0) is 25.7 Å². The van der Waals surface area contributed by atoms with E-state index in [2.05, 4.69) is 0 Å². The highest BCUT2D eigenvalue weighted by molar-refractivity contribution is 5.31. The maximum Gasteiger partial charge on any atom is 0.416 e. The number of likely N-dealkylation sites (N-methyl/N-ethyl adjacent to an activating group) is 1. The van der Waals surface area contributed by atoms with Crippen molar-refractivity contribution in [3.63, 3.8) is 0 Å². The lowest BCUT2D eigenvalue weighted by molar-refractivity contribution is -0.139. The standard InChI is InChI=1S/C16H23F3N2O2/c1-20(2)9-12-10-21(7-8-23-12)11-15(22)13-5-3-4-6-14(13)16(17,18)19/h3-6,12,15,22H,7-11H2,1-2H3/t12-,15+/m1/s1. The molecule has 23 heavy (non-hydrogen) atoms. The summed E-state index contributed by atoms with van der Waals surface area (Å²) in [6.45, 7) is 2.64. The van der Waals surface area contributed by atoms with E-state index in [1.54, 1.807) is 0 Å². The first-order valence-electron chi connectivity index (χ1n) is 7.60. The van der Waals surface area contributed by atoms with Gasteiger partial charge in [0.2, 0.25) is 0 Å². The zero-order chi connectivity index (χ0) is 17.0. The van der Waals surface area contributed by atoms with E-state index in [0.29, 0.717) is 19.7 Å². The van der Waals surface area contributed by atoms with Crippen molar-refractivity contribution in [1.29, 1.82) is 0 Å². The Balaban J connectivity index is 2.03. The van der Waals surface area contributed by atoms with Crippen LogP contribution in [0.5, 0.6) is 0 Å². The summed E-state index contributed by atoms with van der Waals surface area (Å²) in [6, 6.07) is 5.20. The average molecular weight is 332 g/mol. The van der Waals surface area contributed by atoms with Gasteiger partial charge in [-0.3, -0.25) is 4.90 Å². The fraction of sp³-hybridized carbons (Fsp3) is 0.625. The van der Waals surface area contributed by atoms with Crippen LogP contribution in [0.25, 0.3) is 0 Å². The lowest BCUT2D eigenvalue weighted by Gasteiger charge is -2.35. The molecule has 0 radical (unpaired) electrons. The first-order chi connectivity index (χ1) is 10.8. The van der Waals surface area contributed by atoms with E-state index < -0.39 is 17.8 Å². The molecule has 2 rings (SSSR count). The Morgan fingerprint density at radius 2 is 2.04 bits per heavy atom. The zero-order valence-electron chi connectivity index (χ0n) is 13.4. The molecule has 1 fully saturated rings. The molecule has 1 saturated heterocycles. The highest BCUT2D eigenvalue weighted by atomic mass is 19.4. The normalized spacial score (nSPS) is 21.6. The quantitative estimate of drug-likeness (QED) is 0.895. The van der Waals surface area contributed by atoms with Crippen LogP contribution in [0.3, 0.4) is 0 Å². The van der Waals surface area contributed by atoms with Gasteiger partial charge in [0.25, 0.3) is 0 Å². The van der Waals surface area contributed by atoms with E-state index >= 15 is 0 Å². The first kappa shape index (κ1) is 18.2. The molecule has 7 heteroatoms. The van der Waals surface area contributed by atoms with Gasteiger partial charge in [0.1, 0.15) is 0 Å². The summed E-state index contributed by atoms with van der Waals surface area (Å²) in [7, 11) is 3.88. The minimum Gasteiger partial charge on any atom is -0.387 e. The molecular formula is C16H23F3N2O2. The molecule has 1 heterocycles. The Labute approximate surface area is 134 Å². The van der Waals surface area contributed by atoms with E-state index in [1.165, 1.54) is 18.2 Å². The fourth-order valence-corrected chi connectivity index (χ4v) is 2.85. The number of aliphatic hydroxyl groups is 1. The topological polar surface area (TPSA) is 35.9 Å². The maximum absolute atomic E-state index is 13.0. The van der Waals surface area contributed by atoms with Gasteiger partial charge in [0, 0.05) is 26.2 Å². The summed E-state index contributed by atoms with van der Waals surface area (Å²) in [5.41, 5.74) is -0.846. The molecule has 1 aromatic carbocycles. The van der Waals surface area contributed by atoms with Crippen molar-refractivity contribution < 1.29 is 23.0 Å². The number of ether oxygens (including phenoxy) is 1. The third-order valence-electron chi connectivity index (χ3n) is 3.85. The van der Waals surface area contributed by atoms with Crippen LogP contribution in [0.2, 0.25) is 0 Å². The largest absolute Gasteiger partial charge is 0.416 e. The minimum absolute atomic E-state index is 0.00353. The van der Waals surface area contributed by atoms with E-state index in [4.69, 9.17) is 4.74 Å². The van der Waals surface area contributed by atoms with E-state index in [9.17, 15) is 18.3 Å². The summed E-state index contributed by atoms with van der Waals surface area (Å²) in [5, 5.41) is 10.3. The highest BCUT2D eigenvalue weighted by Gasteiger charge is 2.35. The molecule has 0 spiro atoms. The zero-order valence-corrected chi connectivity index (χ0v) is 13.4. The summed E-state index contributed by atoms with van der Waals surface area (Å²) in [4.78, 5) is 3.96. The second kappa shape index (κ2) is 7.61. The molecule has 1 aliphatic heterocycles. The molecular weight excluding hydrogens is 309 g/mol. The number of β-amino-alcohol motifs (C(OH)–C–C–N with tert-alkyl or cyclic N) is 1. The van der Waals surface area contributed by atoms with E-state index in [1.807, 2.05) is 23.9 Å². The third kappa shape index (κ3) is 5.17. The number of alkyl halides is 3. The number of morpholine rings is 1. The van der Waals surface area contributed by atoms with E-state index in [-0.39, 0.29) is 18.2 Å². The van der Waals surface area contributed by atoms with Gasteiger partial charge in [0.05, 0.1) is 24.4 Å². The van der Waals surface area contributed by atoms with Gasteiger partial charge in [-0.1, -0.05) is 18.2 Å². The fourth-order valence-electron chi connectivity index (χ4n) is 2.85. The van der Waals surface area contributed by atoms with Gasteiger partial charge in [-0.15, -0.1) is 0 Å². The monoisotopic (exact) mass is 332 g/mol. The Hall–Kier alpha value is -1.15. The van der Waals surface area contributed by atoms with E-state index in [0.717, 1.165) is 12.6 Å². The van der Waals surface area contributed by atoms with Crippen molar-refractivity contribution in [2.75, 3.05) is 46.9 Å². The molecule has 1 aliphatic rings. The maximum atomic E-state index is 13.0. The highest BCUT2D eigenvalue weighted by Crippen LogP contribution is 2.34. The van der Waals surface area contributed by atoms with Crippen LogP contribution in [0.15, 0.2) is 24.3 Å². The molecule has 0 bridgehead atoms. The van der Waals surface area contributed by atoms with Crippen LogP contribution in [0.4, 0.5) is 13.2 Å². The van der Waals surface area contributed by atoms with Gasteiger partial charge in [-0.25, -0.2) is 0 Å². The molecule has 2 atom stereocenters. The lowest BCUT2D eigenvalue weighted by atomic mass is 10.0. The SMILES string of the molecule is CN(C)C[C@@H]1CN(C[C@H](O)c2ccccc2C(F)(F)F)CCO1. The van der Waals surface area contributed by atoms with Crippen LogP contribution in [-0.4, -0.2) is 67.9 Å². The predicted molar refractivity (Wildman–Crippen MR) is 81.1 cm³/mol. The average Bonchev–Trinajstić information content (AvgIpc) is 2.46. The second-order valence-corrected chi connectivity index (χ2v) is 6.12. The van der Waals surface area contributed by atoms with Gasteiger partial charge in [-0.2, -0.15) is 13.2 Å². The number of hydrogen-bond acceptors (Lipinski definition) is 4. The molecule has 130 valence electrons. The molecule has 4 nitrogen and oxygen atoms in total. The number of rotatable bonds is 5. The molecule has 0 aliphatic carbocycles. The van der Waals surface area contributed by atoms with Crippen LogP contribution in [-0.2, 0) is 10.9 Å². The molecule has 0 amide bonds. The van der Waals surface area contributed by atoms with Gasteiger partial charge >= 0.3 is 6.18 Å². The smallest absolute Gasteiger partial charge is 0.387 e. The summed E-state index contributed by atoms with van der Waals surface area (Å²) >= 11 is 0. The lowest BCUT2D eigenvalue weighted by Crippen LogP contribution is -2.47. The van der Waals surface area contributed by atoms with Crippen molar-refractivity contribution in [1.82, 2.24) is 9.80 Å². The Bertz CT molecular complexity index is 508. The van der Waals surface area contributed by atoms with Crippen molar-refractivity contribution in [3.05, 3.63) is 35.4 Å². The van der Waals surface area contributed by atoms with Crippen LogP contribution in [0, 0.1) is 0 Å². The number of nitrogens with zero attached hydrogens (tertiary/aromatic N) is 2. The van der Waals surface area contributed by atoms with Crippen molar-refractivity contribution in [2.45, 2.75) is 18.4 Å². The van der Waals surface area contributed by atoms with Gasteiger partial charge in [0.15, 0.2) is 0 Å². The summed E-state index contributed by atoms with van der Waals surface area (Å²) in [6.07, 6.45) is -5.63. The minimum atomic E-state index is -4.46.